The van der Waals surface area contributed by atoms with E-state index in [2.05, 4.69) is 32.7 Å². The summed E-state index contributed by atoms with van der Waals surface area (Å²) in [6, 6.07) is 6.15. The molecule has 4 nitrogen and oxygen atoms in total. The zero-order valence-corrected chi connectivity index (χ0v) is 18.2. The molecule has 2 aliphatic rings. The van der Waals surface area contributed by atoms with Crippen LogP contribution in [0.4, 0.5) is 0 Å². The van der Waals surface area contributed by atoms with Crippen LogP contribution in [0.2, 0.25) is 0 Å². The Kier molecular flexibility index (Phi) is 7.21. The summed E-state index contributed by atoms with van der Waals surface area (Å²) in [4.78, 5) is 17.6. The number of rotatable bonds is 5. The van der Waals surface area contributed by atoms with Gasteiger partial charge in [-0.15, -0.1) is 0 Å². The van der Waals surface area contributed by atoms with Crippen LogP contribution in [-0.2, 0) is 11.2 Å². The lowest BCUT2D eigenvalue weighted by Crippen LogP contribution is -2.50. The average molecular weight is 437 g/mol. The number of hydrogen-bond donors (Lipinski definition) is 1. The number of phenols is 1. The molecule has 1 aromatic carbocycles. The van der Waals surface area contributed by atoms with Crippen LogP contribution in [-0.4, -0.2) is 53.0 Å². The number of likely N-dealkylation sites (tertiary alicyclic amines) is 2. The van der Waals surface area contributed by atoms with Crippen LogP contribution >= 0.6 is 15.9 Å². The second kappa shape index (κ2) is 9.42. The van der Waals surface area contributed by atoms with E-state index in [-0.39, 0.29) is 17.6 Å². The molecule has 0 unspecified atom stereocenters. The van der Waals surface area contributed by atoms with E-state index in [4.69, 9.17) is 0 Å². The number of nitrogens with zero attached hydrogens (tertiary/aromatic N) is 2. The Morgan fingerprint density at radius 1 is 1.19 bits per heavy atom. The number of carbonyl (C=O) groups excluding carboxylic acids is 1. The molecule has 0 spiro atoms. The first-order valence-electron chi connectivity index (χ1n) is 10.5. The summed E-state index contributed by atoms with van der Waals surface area (Å²) in [7, 11) is 0. The number of phenolic OH excluding ortho intramolecular Hbond substituents is 1. The maximum Gasteiger partial charge on any atom is 0.225 e. The normalized spacial score (nSPS) is 21.4. The fourth-order valence-corrected chi connectivity index (χ4v) is 5.03. The van der Waals surface area contributed by atoms with Gasteiger partial charge in [-0.05, 0) is 84.7 Å². The second-order valence-corrected chi connectivity index (χ2v) is 9.19. The molecular formula is C22H33BrN2O2. The monoisotopic (exact) mass is 436 g/mol. The van der Waals surface area contributed by atoms with Gasteiger partial charge in [0.05, 0.1) is 4.47 Å². The third-order valence-electron chi connectivity index (χ3n) is 6.49. The third-order valence-corrected chi connectivity index (χ3v) is 7.13. The first-order valence-corrected chi connectivity index (χ1v) is 11.3. The van der Waals surface area contributed by atoms with Crippen molar-refractivity contribution >= 4 is 21.8 Å². The summed E-state index contributed by atoms with van der Waals surface area (Å²) in [6.07, 6.45) is 6.93. The van der Waals surface area contributed by atoms with Gasteiger partial charge in [-0.3, -0.25) is 4.79 Å². The molecule has 2 fully saturated rings. The SMILES string of the molecule is CCC1CCN(C2CCN(C(=O)[C@H](C)Cc3ccc(O)c(Br)c3)CC2)CC1. The minimum atomic E-state index is -0.0294. The number of halogens is 1. The lowest BCUT2D eigenvalue weighted by Gasteiger charge is -2.42. The molecule has 2 aliphatic heterocycles. The smallest absolute Gasteiger partial charge is 0.225 e. The van der Waals surface area contributed by atoms with Crippen molar-refractivity contribution in [3.8, 4) is 5.75 Å². The van der Waals surface area contributed by atoms with Gasteiger partial charge in [0, 0.05) is 25.0 Å². The second-order valence-electron chi connectivity index (χ2n) is 8.33. The molecule has 0 bridgehead atoms. The predicted molar refractivity (Wildman–Crippen MR) is 113 cm³/mol. The van der Waals surface area contributed by atoms with Crippen LogP contribution in [0.15, 0.2) is 22.7 Å². The molecule has 1 N–H and O–H groups in total. The van der Waals surface area contributed by atoms with E-state index in [1.807, 2.05) is 19.1 Å². The highest BCUT2D eigenvalue weighted by Crippen LogP contribution is 2.27. The van der Waals surface area contributed by atoms with Gasteiger partial charge in [0.1, 0.15) is 5.75 Å². The highest BCUT2D eigenvalue weighted by molar-refractivity contribution is 9.10. The van der Waals surface area contributed by atoms with E-state index in [1.54, 1.807) is 6.07 Å². The van der Waals surface area contributed by atoms with Crippen molar-refractivity contribution in [1.82, 2.24) is 9.80 Å². The standard InChI is InChI=1S/C22H33BrN2O2/c1-3-17-6-10-24(11-7-17)19-8-12-25(13-9-19)22(27)16(2)14-18-4-5-21(26)20(23)15-18/h4-5,15-17,19,26H,3,6-14H2,1-2H3/t16-/m1/s1. The Labute approximate surface area is 172 Å². The van der Waals surface area contributed by atoms with Gasteiger partial charge in [0.2, 0.25) is 5.91 Å². The van der Waals surface area contributed by atoms with Crippen LogP contribution in [0.1, 0.15) is 51.5 Å². The molecule has 2 heterocycles. The summed E-state index contributed by atoms with van der Waals surface area (Å²) in [5.41, 5.74) is 1.08. The van der Waals surface area contributed by atoms with Gasteiger partial charge in [0.25, 0.3) is 0 Å². The van der Waals surface area contributed by atoms with Gasteiger partial charge < -0.3 is 14.9 Å². The molecule has 0 radical (unpaired) electrons. The molecule has 0 saturated carbocycles. The highest BCUT2D eigenvalue weighted by Gasteiger charge is 2.30. The molecule has 150 valence electrons. The largest absolute Gasteiger partial charge is 0.507 e. The third kappa shape index (κ3) is 5.26. The summed E-state index contributed by atoms with van der Waals surface area (Å²) < 4.78 is 0.687. The Morgan fingerprint density at radius 3 is 2.44 bits per heavy atom. The van der Waals surface area contributed by atoms with Crippen LogP contribution in [0.3, 0.4) is 0 Å². The zero-order chi connectivity index (χ0) is 19.4. The number of piperidine rings is 2. The number of benzene rings is 1. The Morgan fingerprint density at radius 2 is 1.85 bits per heavy atom. The Hall–Kier alpha value is -1.07. The molecule has 3 rings (SSSR count). The van der Waals surface area contributed by atoms with Crippen molar-refractivity contribution in [2.45, 2.75) is 58.4 Å². The molecule has 2 saturated heterocycles. The van der Waals surface area contributed by atoms with Gasteiger partial charge in [-0.25, -0.2) is 0 Å². The molecular weight excluding hydrogens is 404 g/mol. The minimum absolute atomic E-state index is 0.0294. The van der Waals surface area contributed by atoms with Gasteiger partial charge in [-0.1, -0.05) is 26.3 Å². The minimum Gasteiger partial charge on any atom is -0.507 e. The van der Waals surface area contributed by atoms with Gasteiger partial charge >= 0.3 is 0 Å². The average Bonchev–Trinajstić information content (AvgIpc) is 2.70. The van der Waals surface area contributed by atoms with Crippen molar-refractivity contribution in [2.24, 2.45) is 11.8 Å². The lowest BCUT2D eigenvalue weighted by molar-refractivity contribution is -0.136. The topological polar surface area (TPSA) is 43.8 Å². The van der Waals surface area contributed by atoms with Crippen molar-refractivity contribution < 1.29 is 9.90 Å². The molecule has 1 aromatic rings. The van der Waals surface area contributed by atoms with Gasteiger partial charge in [0.15, 0.2) is 0 Å². The number of amides is 1. The van der Waals surface area contributed by atoms with Gasteiger partial charge in [-0.2, -0.15) is 0 Å². The number of hydrogen-bond acceptors (Lipinski definition) is 3. The zero-order valence-electron chi connectivity index (χ0n) is 16.7. The van der Waals surface area contributed by atoms with E-state index in [0.29, 0.717) is 16.9 Å². The Balaban J connectivity index is 1.47. The van der Waals surface area contributed by atoms with Crippen LogP contribution < -0.4 is 0 Å². The summed E-state index contributed by atoms with van der Waals surface area (Å²) in [6.45, 7) is 8.58. The molecule has 1 atom stereocenters. The molecule has 0 aliphatic carbocycles. The van der Waals surface area contributed by atoms with E-state index in [0.717, 1.165) is 37.4 Å². The van der Waals surface area contributed by atoms with Crippen molar-refractivity contribution in [3.05, 3.63) is 28.2 Å². The molecule has 5 heteroatoms. The molecule has 1 amide bonds. The molecule has 27 heavy (non-hydrogen) atoms. The molecule has 0 aromatic heterocycles. The van der Waals surface area contributed by atoms with Crippen molar-refractivity contribution in [2.75, 3.05) is 26.2 Å². The van der Waals surface area contributed by atoms with Crippen molar-refractivity contribution in [3.63, 3.8) is 0 Å². The van der Waals surface area contributed by atoms with E-state index < -0.39 is 0 Å². The van der Waals surface area contributed by atoms with Crippen LogP contribution in [0, 0.1) is 11.8 Å². The summed E-state index contributed by atoms with van der Waals surface area (Å²) in [5.74, 6) is 1.40. The number of carbonyl (C=O) groups is 1. The van der Waals surface area contributed by atoms with Crippen LogP contribution in [0.25, 0.3) is 0 Å². The fraction of sp³-hybridized carbons (Fsp3) is 0.682. The predicted octanol–water partition coefficient (Wildman–Crippen LogP) is 4.45. The first kappa shape index (κ1) is 20.7. The lowest BCUT2D eigenvalue weighted by atomic mass is 9.91. The summed E-state index contributed by atoms with van der Waals surface area (Å²) >= 11 is 3.35. The van der Waals surface area contributed by atoms with Crippen LogP contribution in [0.5, 0.6) is 5.75 Å². The highest BCUT2D eigenvalue weighted by atomic mass is 79.9. The maximum atomic E-state index is 12.9. The van der Waals surface area contributed by atoms with E-state index in [9.17, 15) is 9.90 Å². The van der Waals surface area contributed by atoms with E-state index in [1.165, 1.54) is 32.4 Å². The quantitative estimate of drug-likeness (QED) is 0.741. The Bertz CT molecular complexity index is 635. The first-order chi connectivity index (χ1) is 13.0. The fourth-order valence-electron chi connectivity index (χ4n) is 4.61. The van der Waals surface area contributed by atoms with Crippen molar-refractivity contribution in [1.29, 1.82) is 0 Å². The van der Waals surface area contributed by atoms with E-state index >= 15 is 0 Å². The number of aromatic hydroxyl groups is 1. The maximum absolute atomic E-state index is 12.9. The summed E-state index contributed by atoms with van der Waals surface area (Å²) in [5, 5.41) is 9.63.